The minimum atomic E-state index is -0.952. The molecular formula is C19H22Cl2N2O4. The minimum Gasteiger partial charge on any atom is -0.424 e. The van der Waals surface area contributed by atoms with Gasteiger partial charge in [-0.3, -0.25) is 9.69 Å². The van der Waals surface area contributed by atoms with Crippen LogP contribution in [0, 0.1) is 11.3 Å². The van der Waals surface area contributed by atoms with E-state index < -0.39 is 24.1 Å². The average molecular weight is 413 g/mol. The van der Waals surface area contributed by atoms with E-state index in [4.69, 9.17) is 27.9 Å². The molecule has 6 nitrogen and oxygen atoms in total. The van der Waals surface area contributed by atoms with Gasteiger partial charge in [-0.1, -0.05) is 50.0 Å². The van der Waals surface area contributed by atoms with E-state index in [2.05, 4.69) is 26.1 Å². The number of carbonyl (C=O) groups excluding carboxylic acids is 3. The summed E-state index contributed by atoms with van der Waals surface area (Å²) in [7, 11) is 0. The number of urea groups is 1. The first-order chi connectivity index (χ1) is 12.5. The lowest BCUT2D eigenvalue weighted by Gasteiger charge is -2.43. The van der Waals surface area contributed by atoms with Crippen molar-refractivity contribution in [1.82, 2.24) is 10.2 Å². The SMILES string of the molecule is C[C@H]1CC(C)(C)C[C@]2(C1)NC(=O)N(CC(=O)Oc1cccc(Cl)c1Cl)C2=O. The molecule has 1 spiro atoms. The van der Waals surface area contributed by atoms with Crippen LogP contribution in [0.5, 0.6) is 5.75 Å². The molecule has 0 unspecified atom stereocenters. The van der Waals surface area contributed by atoms with E-state index in [1.54, 1.807) is 12.1 Å². The molecule has 1 heterocycles. The summed E-state index contributed by atoms with van der Waals surface area (Å²) in [5, 5.41) is 3.17. The average Bonchev–Trinajstić information content (AvgIpc) is 2.73. The Morgan fingerprint density at radius 3 is 2.67 bits per heavy atom. The molecule has 0 aromatic heterocycles. The van der Waals surface area contributed by atoms with Crippen LogP contribution in [0.15, 0.2) is 18.2 Å². The molecule has 2 aliphatic rings. The van der Waals surface area contributed by atoms with E-state index in [1.165, 1.54) is 6.07 Å². The zero-order chi connectivity index (χ0) is 20.0. The van der Waals surface area contributed by atoms with E-state index in [-0.39, 0.29) is 33.0 Å². The lowest BCUT2D eigenvalue weighted by atomic mass is 9.64. The van der Waals surface area contributed by atoms with Crippen molar-refractivity contribution in [2.45, 2.75) is 45.6 Å². The van der Waals surface area contributed by atoms with Crippen LogP contribution in [-0.2, 0) is 9.59 Å². The minimum absolute atomic E-state index is 0.0779. The van der Waals surface area contributed by atoms with E-state index in [0.717, 1.165) is 11.3 Å². The predicted octanol–water partition coefficient (Wildman–Crippen LogP) is 4.04. The summed E-state index contributed by atoms with van der Waals surface area (Å²) in [4.78, 5) is 38.7. The highest BCUT2D eigenvalue weighted by Gasteiger charge is 2.56. The van der Waals surface area contributed by atoms with Crippen LogP contribution in [0.1, 0.15) is 40.0 Å². The van der Waals surface area contributed by atoms with Gasteiger partial charge in [0.1, 0.15) is 17.1 Å². The van der Waals surface area contributed by atoms with Gasteiger partial charge in [0, 0.05) is 0 Å². The molecule has 1 N–H and O–H groups in total. The number of nitrogens with one attached hydrogen (secondary N) is 1. The molecule has 8 heteroatoms. The Labute approximate surface area is 168 Å². The topological polar surface area (TPSA) is 75.7 Å². The second-order valence-electron chi connectivity index (χ2n) is 8.28. The van der Waals surface area contributed by atoms with Crippen LogP contribution in [0.25, 0.3) is 0 Å². The number of esters is 1. The first kappa shape index (κ1) is 20.0. The van der Waals surface area contributed by atoms with Gasteiger partial charge in [0.2, 0.25) is 0 Å². The monoisotopic (exact) mass is 412 g/mol. The third kappa shape index (κ3) is 3.92. The molecule has 146 valence electrons. The molecular weight excluding hydrogens is 391 g/mol. The van der Waals surface area contributed by atoms with Crippen molar-refractivity contribution in [3.8, 4) is 5.75 Å². The standard InChI is InChI=1S/C19H22Cl2N2O4/c1-11-7-18(2,3)10-19(8-11)16(25)23(17(26)22-19)9-14(24)27-13-6-4-5-12(20)15(13)21/h4-6,11H,7-10H2,1-3H3,(H,22,26)/t11-,19-/m0/s1. The van der Waals surface area contributed by atoms with Crippen LogP contribution in [0.4, 0.5) is 4.79 Å². The van der Waals surface area contributed by atoms with Gasteiger partial charge >= 0.3 is 12.0 Å². The maximum absolute atomic E-state index is 13.0. The molecule has 1 aliphatic carbocycles. The van der Waals surface area contributed by atoms with Gasteiger partial charge in [0.25, 0.3) is 5.91 Å². The Morgan fingerprint density at radius 1 is 1.30 bits per heavy atom. The molecule has 0 bridgehead atoms. The number of ether oxygens (including phenoxy) is 1. The fourth-order valence-electron chi connectivity index (χ4n) is 4.50. The molecule has 1 aromatic carbocycles. The van der Waals surface area contributed by atoms with E-state index in [9.17, 15) is 14.4 Å². The van der Waals surface area contributed by atoms with Gasteiger partial charge < -0.3 is 10.1 Å². The highest BCUT2D eigenvalue weighted by molar-refractivity contribution is 6.43. The summed E-state index contributed by atoms with van der Waals surface area (Å²) in [6, 6.07) is 4.07. The lowest BCUT2D eigenvalue weighted by molar-refractivity contribution is -0.142. The number of carbonyl (C=O) groups is 3. The van der Waals surface area contributed by atoms with Crippen molar-refractivity contribution >= 4 is 41.1 Å². The number of benzene rings is 1. The highest BCUT2D eigenvalue weighted by atomic mass is 35.5. The van der Waals surface area contributed by atoms with Crippen LogP contribution in [0.3, 0.4) is 0 Å². The Bertz CT molecular complexity index is 811. The number of hydrogen-bond acceptors (Lipinski definition) is 4. The summed E-state index contributed by atoms with van der Waals surface area (Å²) in [6.07, 6.45) is 2.08. The van der Waals surface area contributed by atoms with Crippen LogP contribution < -0.4 is 10.1 Å². The third-order valence-corrected chi connectivity index (χ3v) is 5.85. The van der Waals surface area contributed by atoms with Crippen molar-refractivity contribution < 1.29 is 19.1 Å². The van der Waals surface area contributed by atoms with Crippen molar-refractivity contribution in [3.63, 3.8) is 0 Å². The Hall–Kier alpha value is -1.79. The number of halogens is 2. The fourth-order valence-corrected chi connectivity index (χ4v) is 4.83. The third-order valence-electron chi connectivity index (χ3n) is 5.05. The molecule has 1 aromatic rings. The smallest absolute Gasteiger partial charge is 0.331 e. The van der Waals surface area contributed by atoms with Crippen molar-refractivity contribution in [1.29, 1.82) is 0 Å². The van der Waals surface area contributed by atoms with Crippen molar-refractivity contribution in [2.75, 3.05) is 6.54 Å². The Balaban J connectivity index is 1.74. The van der Waals surface area contributed by atoms with E-state index in [1.807, 2.05) is 0 Å². The molecule has 27 heavy (non-hydrogen) atoms. The van der Waals surface area contributed by atoms with Gasteiger partial charge in [-0.25, -0.2) is 9.59 Å². The Kier molecular flexibility index (Phi) is 5.16. The highest BCUT2D eigenvalue weighted by Crippen LogP contribution is 2.46. The molecule has 1 aliphatic heterocycles. The fraction of sp³-hybridized carbons (Fsp3) is 0.526. The molecule has 3 amide bonds. The van der Waals surface area contributed by atoms with Crippen molar-refractivity contribution in [3.05, 3.63) is 28.2 Å². The summed E-state index contributed by atoms with van der Waals surface area (Å²) in [5.74, 6) is -0.761. The number of imide groups is 1. The second-order valence-corrected chi connectivity index (χ2v) is 9.07. The molecule has 1 saturated carbocycles. The van der Waals surface area contributed by atoms with E-state index in [0.29, 0.717) is 12.8 Å². The first-order valence-corrected chi connectivity index (χ1v) is 9.57. The molecule has 1 saturated heterocycles. The van der Waals surface area contributed by atoms with Gasteiger partial charge in [-0.05, 0) is 42.7 Å². The largest absolute Gasteiger partial charge is 0.424 e. The predicted molar refractivity (Wildman–Crippen MR) is 102 cm³/mol. The zero-order valence-electron chi connectivity index (χ0n) is 15.5. The van der Waals surface area contributed by atoms with Crippen LogP contribution in [0.2, 0.25) is 10.0 Å². The summed E-state index contributed by atoms with van der Waals surface area (Å²) >= 11 is 11.9. The van der Waals surface area contributed by atoms with E-state index >= 15 is 0 Å². The first-order valence-electron chi connectivity index (χ1n) is 8.82. The number of amides is 3. The maximum Gasteiger partial charge on any atom is 0.331 e. The molecule has 0 radical (unpaired) electrons. The number of hydrogen-bond donors (Lipinski definition) is 1. The normalized spacial score (nSPS) is 27.0. The van der Waals surface area contributed by atoms with Gasteiger partial charge in [0.05, 0.1) is 5.02 Å². The summed E-state index contributed by atoms with van der Waals surface area (Å²) in [5.41, 5.74) is -1.03. The maximum atomic E-state index is 13.0. The second kappa shape index (κ2) is 6.99. The number of nitrogens with zero attached hydrogens (tertiary/aromatic N) is 1. The van der Waals surface area contributed by atoms with Gasteiger partial charge in [-0.2, -0.15) is 0 Å². The number of rotatable bonds is 3. The van der Waals surface area contributed by atoms with Gasteiger partial charge in [-0.15, -0.1) is 0 Å². The molecule has 3 rings (SSSR count). The van der Waals surface area contributed by atoms with Crippen LogP contribution in [-0.4, -0.2) is 34.9 Å². The summed E-state index contributed by atoms with van der Waals surface area (Å²) < 4.78 is 5.19. The Morgan fingerprint density at radius 2 is 2.00 bits per heavy atom. The van der Waals surface area contributed by atoms with Crippen LogP contribution >= 0.6 is 23.2 Å². The molecule has 2 fully saturated rings. The lowest BCUT2D eigenvalue weighted by Crippen LogP contribution is -2.54. The van der Waals surface area contributed by atoms with Gasteiger partial charge in [0.15, 0.2) is 5.75 Å². The quantitative estimate of drug-likeness (QED) is 0.461. The molecule has 2 atom stereocenters. The summed E-state index contributed by atoms with van der Waals surface area (Å²) in [6.45, 7) is 5.76. The zero-order valence-corrected chi connectivity index (χ0v) is 17.0. The van der Waals surface area contributed by atoms with Crippen molar-refractivity contribution in [2.24, 2.45) is 11.3 Å².